The van der Waals surface area contributed by atoms with Crippen molar-refractivity contribution in [2.75, 3.05) is 12.4 Å². The van der Waals surface area contributed by atoms with Crippen LogP contribution in [0.3, 0.4) is 0 Å². The van der Waals surface area contributed by atoms with Gasteiger partial charge in [0.25, 0.3) is 0 Å². The van der Waals surface area contributed by atoms with Crippen LogP contribution in [0, 0.1) is 6.92 Å². The second-order valence-corrected chi connectivity index (χ2v) is 7.53. The lowest BCUT2D eigenvalue weighted by Crippen LogP contribution is -2.23. The molecule has 0 spiro atoms. The van der Waals surface area contributed by atoms with Crippen molar-refractivity contribution in [3.05, 3.63) is 76.0 Å². The number of amides is 2. The fourth-order valence-corrected chi connectivity index (χ4v) is 3.60. The summed E-state index contributed by atoms with van der Waals surface area (Å²) < 4.78 is 6.76. The molecule has 2 aromatic heterocycles. The van der Waals surface area contributed by atoms with E-state index in [1.807, 2.05) is 6.92 Å². The Balaban J connectivity index is 1.77. The minimum atomic E-state index is -0.544. The van der Waals surface area contributed by atoms with Gasteiger partial charge in [0.2, 0.25) is 17.2 Å². The van der Waals surface area contributed by atoms with Crippen molar-refractivity contribution in [1.82, 2.24) is 14.5 Å². The SMILES string of the molecule is COc1cn(CC(=O)Nc2ccc(C(N)=O)cc2)c(CSc2nccc(C)n2)cc1=O. The number of benzene rings is 1. The first-order chi connectivity index (χ1) is 14.9. The zero-order valence-electron chi connectivity index (χ0n) is 17.0. The molecule has 9 nitrogen and oxygen atoms in total. The first-order valence-corrected chi connectivity index (χ1v) is 10.2. The van der Waals surface area contributed by atoms with Crippen LogP contribution >= 0.6 is 11.8 Å². The summed E-state index contributed by atoms with van der Waals surface area (Å²) in [4.78, 5) is 44.5. The summed E-state index contributed by atoms with van der Waals surface area (Å²) in [5, 5.41) is 3.33. The number of methoxy groups -OCH3 is 1. The second kappa shape index (κ2) is 9.90. The van der Waals surface area contributed by atoms with E-state index in [9.17, 15) is 14.4 Å². The van der Waals surface area contributed by atoms with Crippen molar-refractivity contribution in [2.45, 2.75) is 24.4 Å². The third kappa shape index (κ3) is 5.92. The van der Waals surface area contributed by atoms with Crippen LogP contribution in [-0.2, 0) is 17.1 Å². The number of nitrogens with one attached hydrogen (secondary N) is 1. The average molecular weight is 439 g/mol. The third-order valence-electron chi connectivity index (χ3n) is 4.29. The summed E-state index contributed by atoms with van der Waals surface area (Å²) in [6.45, 7) is 1.83. The van der Waals surface area contributed by atoms with E-state index < -0.39 is 5.91 Å². The Morgan fingerprint density at radius 3 is 2.61 bits per heavy atom. The number of primary amides is 1. The predicted octanol–water partition coefficient (Wildman–Crippen LogP) is 1.99. The minimum absolute atomic E-state index is 0.0429. The van der Waals surface area contributed by atoms with Crippen LogP contribution in [0.4, 0.5) is 5.69 Å². The average Bonchev–Trinajstić information content (AvgIpc) is 2.74. The highest BCUT2D eigenvalue weighted by Gasteiger charge is 2.12. The highest BCUT2D eigenvalue weighted by atomic mass is 32.2. The number of ether oxygens (including phenoxy) is 1. The zero-order valence-corrected chi connectivity index (χ0v) is 17.8. The molecule has 160 valence electrons. The molecule has 31 heavy (non-hydrogen) atoms. The van der Waals surface area contributed by atoms with E-state index in [0.29, 0.717) is 27.9 Å². The minimum Gasteiger partial charge on any atom is -0.491 e. The zero-order chi connectivity index (χ0) is 22.4. The first kappa shape index (κ1) is 22.0. The number of rotatable bonds is 8. The Bertz CT molecular complexity index is 1160. The van der Waals surface area contributed by atoms with E-state index >= 15 is 0 Å². The van der Waals surface area contributed by atoms with E-state index in [1.165, 1.54) is 43.3 Å². The van der Waals surface area contributed by atoms with Crippen LogP contribution in [0.5, 0.6) is 5.75 Å². The van der Waals surface area contributed by atoms with Crippen molar-refractivity contribution >= 4 is 29.3 Å². The third-order valence-corrected chi connectivity index (χ3v) is 5.19. The maximum absolute atomic E-state index is 12.6. The van der Waals surface area contributed by atoms with Crippen LogP contribution < -0.4 is 21.2 Å². The topological polar surface area (TPSA) is 129 Å². The van der Waals surface area contributed by atoms with Gasteiger partial charge in [-0.1, -0.05) is 11.8 Å². The van der Waals surface area contributed by atoms with Gasteiger partial charge in [0, 0.05) is 40.7 Å². The van der Waals surface area contributed by atoms with Crippen molar-refractivity contribution in [2.24, 2.45) is 5.73 Å². The number of aryl methyl sites for hydroxylation is 1. The fourth-order valence-electron chi connectivity index (χ4n) is 2.73. The number of thioether (sulfide) groups is 1. The van der Waals surface area contributed by atoms with E-state index in [1.54, 1.807) is 29.0 Å². The monoisotopic (exact) mass is 439 g/mol. The predicted molar refractivity (Wildman–Crippen MR) is 117 cm³/mol. The number of nitrogens with zero attached hydrogens (tertiary/aromatic N) is 3. The first-order valence-electron chi connectivity index (χ1n) is 9.25. The molecule has 2 amide bonds. The van der Waals surface area contributed by atoms with E-state index in [0.717, 1.165) is 5.69 Å². The van der Waals surface area contributed by atoms with Gasteiger partial charge in [-0.15, -0.1) is 0 Å². The Morgan fingerprint density at radius 2 is 1.97 bits per heavy atom. The Kier molecular flexibility index (Phi) is 7.03. The summed E-state index contributed by atoms with van der Waals surface area (Å²) in [5.74, 6) is -0.323. The number of hydrogen-bond donors (Lipinski definition) is 2. The lowest BCUT2D eigenvalue weighted by Gasteiger charge is -2.15. The van der Waals surface area contributed by atoms with Crippen molar-refractivity contribution < 1.29 is 14.3 Å². The highest BCUT2D eigenvalue weighted by molar-refractivity contribution is 7.98. The number of anilines is 1. The molecule has 0 saturated carbocycles. The van der Waals surface area contributed by atoms with Gasteiger partial charge in [0.15, 0.2) is 10.9 Å². The van der Waals surface area contributed by atoms with Gasteiger partial charge in [-0.25, -0.2) is 9.97 Å². The molecule has 0 fully saturated rings. The standard InChI is InChI=1S/C21H21N5O4S/c1-13-7-8-23-21(24-13)31-12-16-9-17(27)18(30-2)10-26(16)11-19(28)25-15-5-3-14(4-6-15)20(22)29/h3-10H,11-12H2,1-2H3,(H2,22,29)(H,25,28). The molecule has 0 bridgehead atoms. The van der Waals surface area contributed by atoms with Gasteiger partial charge in [0.1, 0.15) is 6.54 Å². The van der Waals surface area contributed by atoms with Crippen molar-refractivity contribution in [3.63, 3.8) is 0 Å². The van der Waals surface area contributed by atoms with Gasteiger partial charge >= 0.3 is 0 Å². The van der Waals surface area contributed by atoms with Crippen LogP contribution in [0.1, 0.15) is 21.7 Å². The molecule has 0 aliphatic carbocycles. The molecule has 3 aromatic rings. The molecule has 0 atom stereocenters. The number of nitrogens with two attached hydrogens (primary N) is 1. The van der Waals surface area contributed by atoms with E-state index in [-0.39, 0.29) is 23.6 Å². The Hall–Kier alpha value is -3.66. The molecular weight excluding hydrogens is 418 g/mol. The smallest absolute Gasteiger partial charge is 0.248 e. The molecule has 0 saturated heterocycles. The summed E-state index contributed by atoms with van der Waals surface area (Å²) >= 11 is 1.36. The summed E-state index contributed by atoms with van der Waals surface area (Å²) in [6.07, 6.45) is 3.17. The van der Waals surface area contributed by atoms with Gasteiger partial charge in [-0.2, -0.15) is 0 Å². The van der Waals surface area contributed by atoms with Crippen LogP contribution in [0.2, 0.25) is 0 Å². The Labute approximate surface area is 182 Å². The largest absolute Gasteiger partial charge is 0.491 e. The molecule has 3 N–H and O–H groups in total. The lowest BCUT2D eigenvalue weighted by molar-refractivity contribution is -0.116. The molecule has 0 unspecified atom stereocenters. The van der Waals surface area contributed by atoms with Gasteiger partial charge in [0.05, 0.1) is 13.3 Å². The maximum Gasteiger partial charge on any atom is 0.248 e. The molecule has 0 aliphatic heterocycles. The molecular formula is C21H21N5O4S. The van der Waals surface area contributed by atoms with Gasteiger partial charge in [-0.05, 0) is 37.3 Å². The number of hydrogen-bond acceptors (Lipinski definition) is 7. The summed E-state index contributed by atoms with van der Waals surface area (Å²) in [5.41, 5.74) is 7.28. The van der Waals surface area contributed by atoms with E-state index in [2.05, 4.69) is 15.3 Å². The summed E-state index contributed by atoms with van der Waals surface area (Å²) in [6, 6.07) is 9.49. The van der Waals surface area contributed by atoms with Gasteiger partial charge < -0.3 is 20.4 Å². The molecule has 1 aromatic carbocycles. The maximum atomic E-state index is 12.6. The van der Waals surface area contributed by atoms with Gasteiger partial charge in [-0.3, -0.25) is 14.4 Å². The fraction of sp³-hybridized carbons (Fsp3) is 0.190. The normalized spacial score (nSPS) is 10.5. The van der Waals surface area contributed by atoms with Crippen LogP contribution in [0.15, 0.2) is 58.7 Å². The van der Waals surface area contributed by atoms with Crippen LogP contribution in [0.25, 0.3) is 0 Å². The van der Waals surface area contributed by atoms with Crippen molar-refractivity contribution in [1.29, 1.82) is 0 Å². The Morgan fingerprint density at radius 1 is 1.23 bits per heavy atom. The van der Waals surface area contributed by atoms with E-state index in [4.69, 9.17) is 10.5 Å². The molecule has 0 aliphatic rings. The number of carbonyl (C=O) groups is 2. The molecule has 0 radical (unpaired) electrons. The quantitative estimate of drug-likeness (QED) is 0.405. The number of aromatic nitrogens is 3. The molecule has 10 heteroatoms. The lowest BCUT2D eigenvalue weighted by atomic mass is 10.2. The summed E-state index contributed by atoms with van der Waals surface area (Å²) in [7, 11) is 1.40. The number of carbonyl (C=O) groups excluding carboxylic acids is 2. The van der Waals surface area contributed by atoms with Crippen molar-refractivity contribution in [3.8, 4) is 5.75 Å². The second-order valence-electron chi connectivity index (χ2n) is 6.58. The highest BCUT2D eigenvalue weighted by Crippen LogP contribution is 2.20. The molecule has 2 heterocycles. The van der Waals surface area contributed by atoms with Crippen LogP contribution in [-0.4, -0.2) is 33.5 Å². The number of pyridine rings is 1. The molecule has 3 rings (SSSR count).